The van der Waals surface area contributed by atoms with E-state index in [9.17, 15) is 13.2 Å². The van der Waals surface area contributed by atoms with Crippen LogP contribution < -0.4 is 10.6 Å². The van der Waals surface area contributed by atoms with Gasteiger partial charge in [0.2, 0.25) is 0 Å². The van der Waals surface area contributed by atoms with Crippen LogP contribution in [0.4, 0.5) is 13.2 Å². The molecule has 0 amide bonds. The lowest BCUT2D eigenvalue weighted by atomic mass is 10.0. The number of halogens is 4. The number of hydrogen-bond acceptors (Lipinski definition) is 3. The molecule has 9 heteroatoms. The molecule has 1 rings (SSSR count). The molecule has 2 N–H and O–H groups in total. The van der Waals surface area contributed by atoms with Crippen LogP contribution in [0.25, 0.3) is 0 Å². The summed E-state index contributed by atoms with van der Waals surface area (Å²) in [6.45, 7) is 10.3. The molecule has 0 aromatic carbocycles. The topological polar surface area (TPSA) is 48.9 Å². The maximum Gasteiger partial charge on any atom is 0.390 e. The van der Waals surface area contributed by atoms with Gasteiger partial charge in [-0.3, -0.25) is 9.89 Å². The van der Waals surface area contributed by atoms with Gasteiger partial charge < -0.3 is 15.4 Å². The minimum Gasteiger partial charge on any atom is -0.379 e. The molecule has 1 aliphatic heterocycles. The monoisotopic (exact) mass is 466 g/mol. The van der Waals surface area contributed by atoms with Crippen molar-refractivity contribution >= 4 is 29.9 Å². The van der Waals surface area contributed by atoms with E-state index in [0.717, 1.165) is 26.3 Å². The van der Waals surface area contributed by atoms with Crippen LogP contribution in [0.5, 0.6) is 0 Å². The van der Waals surface area contributed by atoms with Gasteiger partial charge in [-0.15, -0.1) is 24.0 Å². The number of aliphatic imine (C=N–C) groups is 1. The summed E-state index contributed by atoms with van der Waals surface area (Å²) in [5, 5.41) is 5.74. The molecule has 0 radical (unpaired) electrons. The molecular weight excluding hydrogens is 436 g/mol. The Morgan fingerprint density at radius 1 is 1.21 bits per heavy atom. The summed E-state index contributed by atoms with van der Waals surface area (Å²) in [5.41, 5.74) is 0. The fourth-order valence-corrected chi connectivity index (χ4v) is 2.51. The molecule has 1 fully saturated rings. The number of rotatable bonds is 7. The molecule has 1 atom stereocenters. The number of alkyl halides is 3. The van der Waals surface area contributed by atoms with Crippen LogP contribution in [0.3, 0.4) is 0 Å². The number of nitrogens with zero attached hydrogens (tertiary/aromatic N) is 2. The second-order valence-electron chi connectivity index (χ2n) is 5.97. The van der Waals surface area contributed by atoms with E-state index in [2.05, 4.69) is 34.4 Å². The molecular formula is C15H30F3IN4O. The average Bonchev–Trinajstić information content (AvgIpc) is 2.47. The smallest absolute Gasteiger partial charge is 0.379 e. The molecule has 24 heavy (non-hydrogen) atoms. The fraction of sp³-hybridized carbons (Fsp3) is 0.933. The van der Waals surface area contributed by atoms with Crippen molar-refractivity contribution in [3.8, 4) is 0 Å². The van der Waals surface area contributed by atoms with Crippen molar-refractivity contribution in [1.82, 2.24) is 15.5 Å². The molecule has 0 aliphatic carbocycles. The molecule has 0 aromatic rings. The second-order valence-corrected chi connectivity index (χ2v) is 5.97. The minimum absolute atomic E-state index is 0. The summed E-state index contributed by atoms with van der Waals surface area (Å²) in [4.78, 5) is 6.82. The van der Waals surface area contributed by atoms with Gasteiger partial charge in [0.1, 0.15) is 0 Å². The number of hydrogen-bond donors (Lipinski definition) is 2. The van der Waals surface area contributed by atoms with E-state index in [1.54, 1.807) is 0 Å². The summed E-state index contributed by atoms with van der Waals surface area (Å²) in [6, 6.07) is 0.261. The van der Waals surface area contributed by atoms with Gasteiger partial charge in [0.25, 0.3) is 0 Å². The van der Waals surface area contributed by atoms with E-state index in [0.29, 0.717) is 25.0 Å². The third kappa shape index (κ3) is 9.87. The predicted molar refractivity (Wildman–Crippen MR) is 101 cm³/mol. The Hall–Kier alpha value is -0.290. The molecule has 0 saturated carbocycles. The highest BCUT2D eigenvalue weighted by Crippen LogP contribution is 2.18. The molecule has 0 bridgehead atoms. The second kappa shape index (κ2) is 12.1. The molecule has 144 valence electrons. The Kier molecular flexibility index (Phi) is 12.0. The Bertz CT molecular complexity index is 361. The zero-order chi connectivity index (χ0) is 17.3. The molecule has 0 aromatic heterocycles. The predicted octanol–water partition coefficient (Wildman–Crippen LogP) is 2.47. The van der Waals surface area contributed by atoms with E-state index in [-0.39, 0.29) is 36.6 Å². The third-order valence-electron chi connectivity index (χ3n) is 3.77. The van der Waals surface area contributed by atoms with E-state index in [1.165, 1.54) is 0 Å². The zero-order valence-electron chi connectivity index (χ0n) is 14.7. The number of ether oxygens (including phenoxy) is 1. The van der Waals surface area contributed by atoms with Crippen LogP contribution in [0, 0.1) is 5.92 Å². The Morgan fingerprint density at radius 2 is 1.83 bits per heavy atom. The van der Waals surface area contributed by atoms with Crippen molar-refractivity contribution in [2.75, 3.05) is 45.9 Å². The molecule has 1 unspecified atom stereocenters. The molecule has 1 saturated heterocycles. The van der Waals surface area contributed by atoms with Crippen molar-refractivity contribution in [3.63, 3.8) is 0 Å². The van der Waals surface area contributed by atoms with Crippen LogP contribution in [-0.2, 0) is 4.74 Å². The summed E-state index contributed by atoms with van der Waals surface area (Å²) in [7, 11) is 0. The lowest BCUT2D eigenvalue weighted by Gasteiger charge is -2.36. The molecule has 1 aliphatic rings. The first-order chi connectivity index (χ1) is 10.8. The summed E-state index contributed by atoms with van der Waals surface area (Å²) < 4.78 is 42.1. The lowest BCUT2D eigenvalue weighted by molar-refractivity contribution is -0.132. The molecule has 5 nitrogen and oxygen atoms in total. The molecule has 1 heterocycles. The summed E-state index contributed by atoms with van der Waals surface area (Å²) in [5.74, 6) is 0.852. The Labute approximate surface area is 159 Å². The van der Waals surface area contributed by atoms with Crippen LogP contribution in [0.15, 0.2) is 4.99 Å². The van der Waals surface area contributed by atoms with E-state index in [1.807, 2.05) is 6.92 Å². The normalized spacial score (nSPS) is 18.2. The number of guanidine groups is 1. The van der Waals surface area contributed by atoms with E-state index in [4.69, 9.17) is 4.74 Å². The van der Waals surface area contributed by atoms with Gasteiger partial charge in [0.05, 0.1) is 26.2 Å². The maximum absolute atomic E-state index is 12.2. The van der Waals surface area contributed by atoms with Gasteiger partial charge in [-0.1, -0.05) is 13.8 Å². The highest BCUT2D eigenvalue weighted by molar-refractivity contribution is 14.0. The highest BCUT2D eigenvalue weighted by atomic mass is 127. The largest absolute Gasteiger partial charge is 0.390 e. The first-order valence-electron chi connectivity index (χ1n) is 8.24. The minimum atomic E-state index is -4.15. The van der Waals surface area contributed by atoms with Crippen LogP contribution in [0.1, 0.15) is 27.2 Å². The standard InChI is InChI=1S/C15H29F3N4O.HI/c1-4-19-14(20-6-5-15(16,17)18)21-11-13(12(2)3)22-7-9-23-10-8-22;/h12-13H,4-11H2,1-3H3,(H2,19,20,21);1H. The summed E-state index contributed by atoms with van der Waals surface area (Å²) >= 11 is 0. The van der Waals surface area contributed by atoms with Gasteiger partial charge in [-0.25, -0.2) is 0 Å². The molecule has 0 spiro atoms. The van der Waals surface area contributed by atoms with Crippen molar-refractivity contribution in [2.24, 2.45) is 10.9 Å². The van der Waals surface area contributed by atoms with E-state index >= 15 is 0 Å². The lowest BCUT2D eigenvalue weighted by Crippen LogP contribution is -2.48. The first-order valence-corrected chi connectivity index (χ1v) is 8.24. The van der Waals surface area contributed by atoms with Gasteiger partial charge >= 0.3 is 6.18 Å². The van der Waals surface area contributed by atoms with Gasteiger partial charge in [-0.05, 0) is 12.8 Å². The zero-order valence-corrected chi connectivity index (χ0v) is 17.0. The summed E-state index contributed by atoms with van der Waals surface area (Å²) in [6.07, 6.45) is -5.02. The highest BCUT2D eigenvalue weighted by Gasteiger charge is 2.26. The maximum atomic E-state index is 12.2. The number of nitrogens with one attached hydrogen (secondary N) is 2. The fourth-order valence-electron chi connectivity index (χ4n) is 2.51. The Balaban J connectivity index is 0.00000529. The van der Waals surface area contributed by atoms with Gasteiger partial charge in [-0.2, -0.15) is 13.2 Å². The van der Waals surface area contributed by atoms with Crippen molar-refractivity contribution in [1.29, 1.82) is 0 Å². The van der Waals surface area contributed by atoms with Crippen LogP contribution in [0.2, 0.25) is 0 Å². The SMILES string of the molecule is CCNC(=NCC(C(C)C)N1CCOCC1)NCCC(F)(F)F.I. The average molecular weight is 466 g/mol. The quantitative estimate of drug-likeness (QED) is 0.344. The van der Waals surface area contributed by atoms with Gasteiger partial charge in [0, 0.05) is 32.2 Å². The van der Waals surface area contributed by atoms with Crippen molar-refractivity contribution < 1.29 is 17.9 Å². The van der Waals surface area contributed by atoms with Crippen LogP contribution in [-0.4, -0.2) is 69.0 Å². The van der Waals surface area contributed by atoms with Gasteiger partial charge in [0.15, 0.2) is 5.96 Å². The number of morpholine rings is 1. The van der Waals surface area contributed by atoms with Crippen molar-refractivity contribution in [3.05, 3.63) is 0 Å². The van der Waals surface area contributed by atoms with E-state index < -0.39 is 12.6 Å². The first kappa shape index (κ1) is 23.7. The van der Waals surface area contributed by atoms with Crippen molar-refractivity contribution in [2.45, 2.75) is 39.4 Å². The third-order valence-corrected chi connectivity index (χ3v) is 3.77. The Morgan fingerprint density at radius 3 is 2.33 bits per heavy atom. The van der Waals surface area contributed by atoms with Crippen LogP contribution >= 0.6 is 24.0 Å².